The number of benzene rings is 2. The van der Waals surface area contributed by atoms with Crippen LogP contribution in [0.25, 0.3) is 16.8 Å². The fourth-order valence-electron chi connectivity index (χ4n) is 3.81. The summed E-state index contributed by atoms with van der Waals surface area (Å²) in [6, 6.07) is 8.69. The molecule has 0 fully saturated rings. The van der Waals surface area contributed by atoms with Crippen LogP contribution in [-0.4, -0.2) is 35.7 Å². The second-order valence-electron chi connectivity index (χ2n) is 8.35. The minimum atomic E-state index is -5.05. The highest BCUT2D eigenvalue weighted by Gasteiger charge is 2.42. The minimum Gasteiger partial charge on any atom is -0.453 e. The lowest BCUT2D eigenvalue weighted by molar-refractivity contribution is -0.143. The zero-order chi connectivity index (χ0) is 28.6. The fraction of sp³-hybridized carbons (Fsp3) is 0.0800. The van der Waals surface area contributed by atoms with Crippen LogP contribution in [0.5, 0.6) is 11.5 Å². The first-order valence-electron chi connectivity index (χ1n) is 11.3. The topological polar surface area (TPSA) is 126 Å². The average molecular weight is 556 g/mol. The normalized spacial score (nSPS) is 11.4. The van der Waals surface area contributed by atoms with Crippen molar-refractivity contribution in [3.8, 4) is 28.3 Å². The van der Waals surface area contributed by atoms with Crippen LogP contribution in [0.1, 0.15) is 16.2 Å². The van der Waals surface area contributed by atoms with E-state index < -0.39 is 35.1 Å². The van der Waals surface area contributed by atoms with Crippen molar-refractivity contribution in [2.24, 2.45) is 7.05 Å². The summed E-state index contributed by atoms with van der Waals surface area (Å²) in [5.74, 6) is -2.88. The number of hydrogen-bond acceptors (Lipinski definition) is 7. The van der Waals surface area contributed by atoms with Crippen LogP contribution in [0.4, 0.5) is 33.5 Å². The second kappa shape index (κ2) is 10.1. The predicted molar refractivity (Wildman–Crippen MR) is 132 cm³/mol. The molecular weight excluding hydrogens is 539 g/mol. The van der Waals surface area contributed by atoms with Crippen LogP contribution in [0.15, 0.2) is 67.1 Å². The molecule has 0 aliphatic rings. The minimum absolute atomic E-state index is 0.115. The van der Waals surface area contributed by atoms with E-state index in [2.05, 4.69) is 25.7 Å². The lowest BCUT2D eigenvalue weighted by atomic mass is 10.1. The summed E-state index contributed by atoms with van der Waals surface area (Å²) in [4.78, 5) is 16.8. The van der Waals surface area contributed by atoms with Gasteiger partial charge in [-0.05, 0) is 42.5 Å². The number of halogens is 5. The van der Waals surface area contributed by atoms with E-state index in [1.165, 1.54) is 35.3 Å². The number of ether oxygens (including phenoxy) is 1. The lowest BCUT2D eigenvalue weighted by Crippen LogP contribution is -2.21. The first-order valence-corrected chi connectivity index (χ1v) is 11.3. The highest BCUT2D eigenvalue weighted by molar-refractivity contribution is 6.03. The molecule has 0 bridgehead atoms. The molecule has 3 heterocycles. The average Bonchev–Trinajstić information content (AvgIpc) is 3.53. The SMILES string of the molecule is Cn1cc(-c2c(Oc3ccc(NC(=O)c4nnn(-c5ccc(F)cc5)c4C(F)(F)F)cc3F)ccnc2N)cn1. The maximum atomic E-state index is 15.0. The van der Waals surface area contributed by atoms with Crippen molar-refractivity contribution in [1.82, 2.24) is 29.8 Å². The number of pyridine rings is 1. The van der Waals surface area contributed by atoms with E-state index in [0.29, 0.717) is 15.8 Å². The molecule has 3 N–H and O–H groups in total. The number of nitrogens with two attached hydrogens (primary N) is 1. The Hall–Kier alpha value is -5.34. The van der Waals surface area contributed by atoms with Gasteiger partial charge in [-0.15, -0.1) is 5.10 Å². The summed E-state index contributed by atoms with van der Waals surface area (Å²) < 4.78 is 77.4. The van der Waals surface area contributed by atoms with E-state index in [1.807, 2.05) is 0 Å². The van der Waals surface area contributed by atoms with Crippen LogP contribution in [0.2, 0.25) is 0 Å². The molecule has 0 aliphatic carbocycles. The Morgan fingerprint density at radius 3 is 2.45 bits per heavy atom. The molecular formula is C25H17F5N8O2. The highest BCUT2D eigenvalue weighted by Crippen LogP contribution is 2.38. The number of nitrogens with zero attached hydrogens (tertiary/aromatic N) is 6. The van der Waals surface area contributed by atoms with Crippen molar-refractivity contribution in [1.29, 1.82) is 0 Å². The van der Waals surface area contributed by atoms with Gasteiger partial charge in [-0.2, -0.15) is 18.3 Å². The molecule has 2 aromatic carbocycles. The Kier molecular flexibility index (Phi) is 6.63. The zero-order valence-electron chi connectivity index (χ0n) is 20.3. The summed E-state index contributed by atoms with van der Waals surface area (Å²) in [5.41, 5.74) is 4.04. The summed E-state index contributed by atoms with van der Waals surface area (Å²) >= 11 is 0. The number of aryl methyl sites for hydroxylation is 1. The van der Waals surface area contributed by atoms with E-state index in [0.717, 1.165) is 30.3 Å². The van der Waals surface area contributed by atoms with Crippen molar-refractivity contribution >= 4 is 17.4 Å². The number of nitrogens with one attached hydrogen (secondary N) is 1. The van der Waals surface area contributed by atoms with Gasteiger partial charge < -0.3 is 15.8 Å². The number of anilines is 2. The molecule has 40 heavy (non-hydrogen) atoms. The molecule has 0 atom stereocenters. The number of aromatic nitrogens is 6. The van der Waals surface area contributed by atoms with Crippen molar-refractivity contribution in [3.63, 3.8) is 0 Å². The fourth-order valence-corrected chi connectivity index (χ4v) is 3.81. The molecule has 1 amide bonds. The Morgan fingerprint density at radius 1 is 1.05 bits per heavy atom. The number of carbonyl (C=O) groups excluding carboxylic acids is 1. The van der Waals surface area contributed by atoms with Gasteiger partial charge in [0.1, 0.15) is 17.4 Å². The summed E-state index contributed by atoms with van der Waals surface area (Å²) in [7, 11) is 1.70. The second-order valence-corrected chi connectivity index (χ2v) is 8.35. The summed E-state index contributed by atoms with van der Waals surface area (Å²) in [6.07, 6.45) is -0.492. The third kappa shape index (κ3) is 5.16. The smallest absolute Gasteiger partial charge is 0.435 e. The van der Waals surface area contributed by atoms with E-state index in [9.17, 15) is 26.7 Å². The molecule has 5 aromatic rings. The first kappa shape index (κ1) is 26.3. The van der Waals surface area contributed by atoms with Gasteiger partial charge in [0.2, 0.25) is 0 Å². The predicted octanol–water partition coefficient (Wildman–Crippen LogP) is 4.99. The molecule has 0 radical (unpaired) electrons. The molecule has 204 valence electrons. The molecule has 0 saturated heterocycles. The number of alkyl halides is 3. The molecule has 3 aromatic heterocycles. The van der Waals surface area contributed by atoms with Gasteiger partial charge in [-0.25, -0.2) is 18.4 Å². The standard InChI is InChI=1S/C25H17F5N8O2/c1-37-12-13(11-33-37)20-19(8-9-32-23(20)31)40-18-7-4-15(10-17(18)27)34-24(39)21-22(25(28,29)30)38(36-35-21)16-5-2-14(26)3-6-16/h2-12H,1H3,(H2,31,32)(H,34,39). The van der Waals surface area contributed by atoms with Crippen LogP contribution in [0, 0.1) is 11.6 Å². The maximum absolute atomic E-state index is 15.0. The van der Waals surface area contributed by atoms with Crippen LogP contribution in [0.3, 0.4) is 0 Å². The number of amides is 1. The van der Waals surface area contributed by atoms with Crippen LogP contribution >= 0.6 is 0 Å². The maximum Gasteiger partial charge on any atom is 0.435 e. The quantitative estimate of drug-likeness (QED) is 0.282. The van der Waals surface area contributed by atoms with Crippen LogP contribution < -0.4 is 15.8 Å². The molecule has 0 unspecified atom stereocenters. The van der Waals surface area contributed by atoms with Crippen molar-refractivity contribution in [2.75, 3.05) is 11.1 Å². The van der Waals surface area contributed by atoms with Gasteiger partial charge >= 0.3 is 6.18 Å². The van der Waals surface area contributed by atoms with E-state index in [-0.39, 0.29) is 28.7 Å². The van der Waals surface area contributed by atoms with Gasteiger partial charge in [0.15, 0.2) is 23.0 Å². The number of carbonyl (C=O) groups is 1. The lowest BCUT2D eigenvalue weighted by Gasteiger charge is -2.13. The monoisotopic (exact) mass is 556 g/mol. The van der Waals surface area contributed by atoms with Gasteiger partial charge in [-0.3, -0.25) is 9.48 Å². The Morgan fingerprint density at radius 2 is 1.80 bits per heavy atom. The van der Waals surface area contributed by atoms with Crippen molar-refractivity contribution in [2.45, 2.75) is 6.18 Å². The van der Waals surface area contributed by atoms with E-state index in [1.54, 1.807) is 13.2 Å². The number of hydrogen-bond donors (Lipinski definition) is 2. The summed E-state index contributed by atoms with van der Waals surface area (Å²) in [6.45, 7) is 0. The molecule has 5 rings (SSSR count). The zero-order valence-corrected chi connectivity index (χ0v) is 20.3. The molecule has 0 saturated carbocycles. The summed E-state index contributed by atoms with van der Waals surface area (Å²) in [5, 5.41) is 13.0. The third-order valence-corrected chi connectivity index (χ3v) is 5.57. The Labute approximate surface area is 221 Å². The van der Waals surface area contributed by atoms with E-state index in [4.69, 9.17) is 10.5 Å². The molecule has 0 aliphatic heterocycles. The largest absolute Gasteiger partial charge is 0.453 e. The first-order chi connectivity index (χ1) is 19.0. The molecule has 10 nitrogen and oxygen atoms in total. The van der Waals surface area contributed by atoms with Gasteiger partial charge in [0, 0.05) is 36.8 Å². The van der Waals surface area contributed by atoms with Crippen molar-refractivity contribution in [3.05, 3.63) is 90.1 Å². The van der Waals surface area contributed by atoms with Gasteiger partial charge in [0.05, 0.1) is 17.4 Å². The Balaban J connectivity index is 1.40. The van der Waals surface area contributed by atoms with Gasteiger partial charge in [0.25, 0.3) is 5.91 Å². The third-order valence-electron chi connectivity index (χ3n) is 5.57. The molecule has 0 spiro atoms. The molecule has 15 heteroatoms. The highest BCUT2D eigenvalue weighted by atomic mass is 19.4. The number of nitrogen functional groups attached to an aromatic ring is 1. The van der Waals surface area contributed by atoms with E-state index >= 15 is 0 Å². The number of rotatable bonds is 6. The van der Waals surface area contributed by atoms with Crippen LogP contribution in [-0.2, 0) is 13.2 Å². The Bertz CT molecular complexity index is 1710. The van der Waals surface area contributed by atoms with Gasteiger partial charge in [-0.1, -0.05) is 5.21 Å². The van der Waals surface area contributed by atoms with Crippen molar-refractivity contribution < 1.29 is 31.5 Å².